The molecule has 0 radical (unpaired) electrons. The van der Waals surface area contributed by atoms with E-state index in [1.54, 1.807) is 0 Å². The first-order valence-electron chi connectivity index (χ1n) is 10.5. The molecule has 2 heterocycles. The first-order valence-corrected chi connectivity index (χ1v) is 10.5. The summed E-state index contributed by atoms with van der Waals surface area (Å²) in [5.41, 5.74) is 2.98. The second-order valence-electron chi connectivity index (χ2n) is 7.44. The summed E-state index contributed by atoms with van der Waals surface area (Å²) in [6.45, 7) is 10.7. The highest BCUT2D eigenvalue weighted by Gasteiger charge is 2.23. The number of amides is 1. The molecule has 0 saturated carbocycles. The molecule has 0 N–H and O–H groups in total. The molecule has 5 heteroatoms. The molecule has 150 valence electrons. The minimum absolute atomic E-state index is 0.0449. The number of hydrogen-bond donors (Lipinski definition) is 0. The molecule has 1 saturated heterocycles. The summed E-state index contributed by atoms with van der Waals surface area (Å²) in [4.78, 5) is 24.0. The van der Waals surface area contributed by atoms with Crippen molar-refractivity contribution in [3.05, 3.63) is 59.9 Å². The van der Waals surface area contributed by atoms with E-state index in [1.165, 1.54) is 5.56 Å². The second kappa shape index (κ2) is 10.2. The first-order chi connectivity index (χ1) is 13.7. The fourth-order valence-corrected chi connectivity index (χ4v) is 3.72. The number of benzene rings is 1. The average Bonchev–Trinajstić information content (AvgIpc) is 2.74. The monoisotopic (exact) mass is 380 g/mol. The molecule has 1 aliphatic rings. The van der Waals surface area contributed by atoms with E-state index < -0.39 is 0 Å². The van der Waals surface area contributed by atoms with Crippen molar-refractivity contribution in [3.8, 4) is 0 Å². The normalized spacial score (nSPS) is 14.9. The molecule has 1 fully saturated rings. The van der Waals surface area contributed by atoms with Crippen molar-refractivity contribution >= 4 is 11.6 Å². The van der Waals surface area contributed by atoms with Crippen LogP contribution in [-0.2, 0) is 6.54 Å². The maximum Gasteiger partial charge on any atom is 0.272 e. The lowest BCUT2D eigenvalue weighted by atomic mass is 10.2. The third-order valence-electron chi connectivity index (χ3n) is 5.23. The second-order valence-corrected chi connectivity index (χ2v) is 7.44. The molecule has 0 bridgehead atoms. The number of carbonyl (C=O) groups is 1. The number of pyridine rings is 1. The smallest absolute Gasteiger partial charge is 0.272 e. The lowest BCUT2D eigenvalue weighted by Gasteiger charge is -2.34. The van der Waals surface area contributed by atoms with E-state index in [-0.39, 0.29) is 5.91 Å². The summed E-state index contributed by atoms with van der Waals surface area (Å²) in [6, 6.07) is 14.4. The zero-order valence-corrected chi connectivity index (χ0v) is 17.2. The number of piperazine rings is 1. The third kappa shape index (κ3) is 5.32. The van der Waals surface area contributed by atoms with Crippen molar-refractivity contribution in [1.29, 1.82) is 0 Å². The SMILES string of the molecule is CCCN(CCC)c1ccc(C(=O)N2CCN(Cc3ccccc3)CC2)nc1. The lowest BCUT2D eigenvalue weighted by molar-refractivity contribution is 0.0623. The van der Waals surface area contributed by atoms with E-state index in [9.17, 15) is 4.79 Å². The van der Waals surface area contributed by atoms with Gasteiger partial charge in [-0.25, -0.2) is 4.98 Å². The number of rotatable bonds is 8. The third-order valence-corrected chi connectivity index (χ3v) is 5.23. The molecule has 1 amide bonds. The lowest BCUT2D eigenvalue weighted by Crippen LogP contribution is -2.48. The van der Waals surface area contributed by atoms with Gasteiger partial charge in [-0.3, -0.25) is 9.69 Å². The van der Waals surface area contributed by atoms with Crippen molar-refractivity contribution < 1.29 is 4.79 Å². The van der Waals surface area contributed by atoms with Crippen LogP contribution < -0.4 is 4.90 Å². The highest BCUT2D eigenvalue weighted by Crippen LogP contribution is 2.16. The maximum atomic E-state index is 12.8. The zero-order chi connectivity index (χ0) is 19.8. The molecular formula is C23H32N4O. The van der Waals surface area contributed by atoms with Gasteiger partial charge < -0.3 is 9.80 Å². The number of aromatic nitrogens is 1. The van der Waals surface area contributed by atoms with Crippen LogP contribution in [0.4, 0.5) is 5.69 Å². The highest BCUT2D eigenvalue weighted by atomic mass is 16.2. The zero-order valence-electron chi connectivity index (χ0n) is 17.2. The minimum atomic E-state index is 0.0449. The molecule has 28 heavy (non-hydrogen) atoms. The van der Waals surface area contributed by atoms with E-state index >= 15 is 0 Å². The van der Waals surface area contributed by atoms with Crippen molar-refractivity contribution in [2.75, 3.05) is 44.2 Å². The van der Waals surface area contributed by atoms with Crippen molar-refractivity contribution in [2.24, 2.45) is 0 Å². The van der Waals surface area contributed by atoms with Crippen LogP contribution >= 0.6 is 0 Å². The Hall–Kier alpha value is -2.40. The van der Waals surface area contributed by atoms with Gasteiger partial charge in [0.25, 0.3) is 5.91 Å². The van der Waals surface area contributed by atoms with E-state index in [0.717, 1.165) is 64.3 Å². The number of carbonyl (C=O) groups excluding carboxylic acids is 1. The van der Waals surface area contributed by atoms with Gasteiger partial charge in [-0.05, 0) is 30.5 Å². The van der Waals surface area contributed by atoms with Gasteiger partial charge >= 0.3 is 0 Å². The van der Waals surface area contributed by atoms with E-state index in [2.05, 4.69) is 52.9 Å². The van der Waals surface area contributed by atoms with Crippen molar-refractivity contribution in [3.63, 3.8) is 0 Å². The number of hydrogen-bond acceptors (Lipinski definition) is 4. The van der Waals surface area contributed by atoms with Crippen molar-refractivity contribution in [1.82, 2.24) is 14.8 Å². The Bertz CT molecular complexity index is 718. The Kier molecular flexibility index (Phi) is 7.43. The summed E-state index contributed by atoms with van der Waals surface area (Å²) < 4.78 is 0. The number of nitrogens with zero attached hydrogens (tertiary/aromatic N) is 4. The van der Waals surface area contributed by atoms with Crippen LogP contribution in [0.5, 0.6) is 0 Å². The van der Waals surface area contributed by atoms with Gasteiger partial charge in [-0.15, -0.1) is 0 Å². The van der Waals surface area contributed by atoms with Gasteiger partial charge in [-0.2, -0.15) is 0 Å². The van der Waals surface area contributed by atoms with Gasteiger partial charge in [0.1, 0.15) is 5.69 Å². The predicted molar refractivity (Wildman–Crippen MR) is 115 cm³/mol. The topological polar surface area (TPSA) is 39.7 Å². The fraction of sp³-hybridized carbons (Fsp3) is 0.478. The van der Waals surface area contributed by atoms with Gasteiger partial charge in [-0.1, -0.05) is 44.2 Å². The Labute approximate surface area is 169 Å². The molecular weight excluding hydrogens is 348 g/mol. The summed E-state index contributed by atoms with van der Waals surface area (Å²) in [7, 11) is 0. The molecule has 2 aromatic rings. The fourth-order valence-electron chi connectivity index (χ4n) is 3.72. The Morgan fingerprint density at radius 1 is 0.964 bits per heavy atom. The molecule has 3 rings (SSSR count). The quantitative estimate of drug-likeness (QED) is 0.701. The molecule has 5 nitrogen and oxygen atoms in total. The van der Waals surface area contributed by atoms with Crippen LogP contribution in [0.25, 0.3) is 0 Å². The van der Waals surface area contributed by atoms with E-state index in [1.807, 2.05) is 29.3 Å². The minimum Gasteiger partial charge on any atom is -0.370 e. The molecule has 0 aliphatic carbocycles. The molecule has 1 aromatic carbocycles. The molecule has 1 aliphatic heterocycles. The summed E-state index contributed by atoms with van der Waals surface area (Å²) >= 11 is 0. The van der Waals surface area contributed by atoms with Crippen LogP contribution in [0.15, 0.2) is 48.7 Å². The Balaban J connectivity index is 1.54. The van der Waals surface area contributed by atoms with Crippen molar-refractivity contribution in [2.45, 2.75) is 33.2 Å². The van der Waals surface area contributed by atoms with Crippen LogP contribution in [-0.4, -0.2) is 60.0 Å². The number of anilines is 1. The average molecular weight is 381 g/mol. The van der Waals surface area contributed by atoms with E-state index in [4.69, 9.17) is 0 Å². The summed E-state index contributed by atoms with van der Waals surface area (Å²) in [6.07, 6.45) is 4.06. The highest BCUT2D eigenvalue weighted by molar-refractivity contribution is 5.92. The van der Waals surface area contributed by atoms with Crippen LogP contribution in [0.2, 0.25) is 0 Å². The first kappa shape index (κ1) is 20.3. The van der Waals surface area contributed by atoms with Crippen LogP contribution in [0.3, 0.4) is 0 Å². The van der Waals surface area contributed by atoms with Gasteiger partial charge in [0.15, 0.2) is 0 Å². The van der Waals surface area contributed by atoms with Crippen LogP contribution in [0.1, 0.15) is 42.7 Å². The van der Waals surface area contributed by atoms with E-state index in [0.29, 0.717) is 5.69 Å². The Morgan fingerprint density at radius 2 is 1.64 bits per heavy atom. The largest absolute Gasteiger partial charge is 0.370 e. The van der Waals surface area contributed by atoms with Gasteiger partial charge in [0.05, 0.1) is 11.9 Å². The molecule has 0 atom stereocenters. The standard InChI is InChI=1S/C23H32N4O/c1-3-12-26(13-4-2)21-10-11-22(24-18-21)23(28)27-16-14-25(15-17-27)19-20-8-6-5-7-9-20/h5-11,18H,3-4,12-17,19H2,1-2H3. The summed E-state index contributed by atoms with van der Waals surface area (Å²) in [5.74, 6) is 0.0449. The van der Waals surface area contributed by atoms with Gasteiger partial charge in [0, 0.05) is 45.8 Å². The Morgan fingerprint density at radius 3 is 2.21 bits per heavy atom. The predicted octanol–water partition coefficient (Wildman–Crippen LogP) is 3.67. The molecule has 0 unspecified atom stereocenters. The summed E-state index contributed by atoms with van der Waals surface area (Å²) in [5, 5.41) is 0. The maximum absolute atomic E-state index is 12.8. The van der Waals surface area contributed by atoms with Gasteiger partial charge in [0.2, 0.25) is 0 Å². The van der Waals surface area contributed by atoms with Crippen LogP contribution in [0, 0.1) is 0 Å². The molecule has 1 aromatic heterocycles. The molecule has 0 spiro atoms.